The van der Waals surface area contributed by atoms with Gasteiger partial charge in [0.15, 0.2) is 0 Å². The first kappa shape index (κ1) is 18.7. The van der Waals surface area contributed by atoms with Crippen molar-refractivity contribution in [3.05, 3.63) is 96.1 Å². The summed E-state index contributed by atoms with van der Waals surface area (Å²) in [5.41, 5.74) is 8.60. The molecule has 0 aliphatic heterocycles. The van der Waals surface area contributed by atoms with Crippen molar-refractivity contribution >= 4 is 35.2 Å². The highest BCUT2D eigenvalue weighted by Crippen LogP contribution is 2.16. The van der Waals surface area contributed by atoms with Crippen LogP contribution in [0.3, 0.4) is 0 Å². The number of nitrogens with one attached hydrogen (secondary N) is 1. The number of hydrogen-bond donors (Lipinski definition) is 2. The van der Waals surface area contributed by atoms with E-state index >= 15 is 0 Å². The van der Waals surface area contributed by atoms with Gasteiger partial charge in [-0.1, -0.05) is 24.3 Å². The normalized spacial score (nSPS) is 11.0. The number of amides is 1. The molecule has 6 heteroatoms. The molecule has 0 saturated heterocycles. The Hall–Kier alpha value is -4.06. The SMILES string of the molecule is Nc1ccccc1NC(=O)/C=C/c1cc(/C=C/C(=O)c2ccccn2)ccn1. The summed E-state index contributed by atoms with van der Waals surface area (Å²) in [5.74, 6) is -0.500. The third-order valence-corrected chi connectivity index (χ3v) is 3.77. The number of carbonyl (C=O) groups excluding carboxylic acids is 2. The molecule has 0 fully saturated rings. The van der Waals surface area contributed by atoms with E-state index in [9.17, 15) is 9.59 Å². The molecule has 0 radical (unpaired) electrons. The molecular formula is C22H18N4O2. The molecule has 2 heterocycles. The molecule has 3 aromatic rings. The van der Waals surface area contributed by atoms with Gasteiger partial charge in [-0.25, -0.2) is 0 Å². The molecule has 28 heavy (non-hydrogen) atoms. The molecule has 0 aliphatic rings. The van der Waals surface area contributed by atoms with Gasteiger partial charge in [-0.2, -0.15) is 0 Å². The minimum Gasteiger partial charge on any atom is -0.397 e. The Morgan fingerprint density at radius 3 is 2.50 bits per heavy atom. The second kappa shape index (κ2) is 9.05. The predicted molar refractivity (Wildman–Crippen MR) is 110 cm³/mol. The molecule has 0 atom stereocenters. The van der Waals surface area contributed by atoms with Crippen LogP contribution in [-0.4, -0.2) is 21.7 Å². The van der Waals surface area contributed by atoms with Crippen LogP contribution >= 0.6 is 0 Å². The zero-order valence-corrected chi connectivity index (χ0v) is 14.9. The van der Waals surface area contributed by atoms with Crippen molar-refractivity contribution in [2.45, 2.75) is 0 Å². The number of para-hydroxylation sites is 2. The highest BCUT2D eigenvalue weighted by atomic mass is 16.1. The summed E-state index contributed by atoms with van der Waals surface area (Å²) in [4.78, 5) is 32.3. The number of benzene rings is 1. The van der Waals surface area contributed by atoms with Gasteiger partial charge in [-0.05, 0) is 54.1 Å². The Kier molecular flexibility index (Phi) is 6.05. The van der Waals surface area contributed by atoms with Gasteiger partial charge in [-0.3, -0.25) is 19.6 Å². The summed E-state index contributed by atoms with van der Waals surface area (Å²) in [6.07, 6.45) is 9.28. The summed E-state index contributed by atoms with van der Waals surface area (Å²) >= 11 is 0. The summed E-state index contributed by atoms with van der Waals surface area (Å²) in [6.45, 7) is 0. The van der Waals surface area contributed by atoms with Crippen molar-refractivity contribution in [3.63, 3.8) is 0 Å². The highest BCUT2D eigenvalue weighted by Gasteiger charge is 2.03. The van der Waals surface area contributed by atoms with Crippen LogP contribution in [0.15, 0.2) is 79.1 Å². The second-order valence-electron chi connectivity index (χ2n) is 5.84. The standard InChI is InChI=1S/C22H18N4O2/c23-18-5-1-2-6-19(18)26-22(28)11-9-17-15-16(12-14-24-17)8-10-21(27)20-7-3-4-13-25-20/h1-15H,23H2,(H,26,28)/b10-8+,11-9+. The molecule has 138 valence electrons. The van der Waals surface area contributed by atoms with Crippen molar-refractivity contribution in [2.24, 2.45) is 0 Å². The number of rotatable bonds is 6. The van der Waals surface area contributed by atoms with Crippen molar-refractivity contribution < 1.29 is 9.59 Å². The molecule has 1 aromatic carbocycles. The van der Waals surface area contributed by atoms with E-state index in [-0.39, 0.29) is 11.7 Å². The molecule has 0 saturated carbocycles. The summed E-state index contributed by atoms with van der Waals surface area (Å²) in [5, 5.41) is 2.71. The van der Waals surface area contributed by atoms with E-state index in [1.807, 2.05) is 0 Å². The maximum Gasteiger partial charge on any atom is 0.248 e. The van der Waals surface area contributed by atoms with Crippen LogP contribution in [0.2, 0.25) is 0 Å². The Morgan fingerprint density at radius 2 is 1.71 bits per heavy atom. The molecule has 0 aliphatic carbocycles. The fraction of sp³-hybridized carbons (Fsp3) is 0. The van der Waals surface area contributed by atoms with Gasteiger partial charge >= 0.3 is 0 Å². The number of pyridine rings is 2. The average molecular weight is 370 g/mol. The first-order valence-corrected chi connectivity index (χ1v) is 8.55. The first-order chi connectivity index (χ1) is 13.6. The minimum absolute atomic E-state index is 0.186. The topological polar surface area (TPSA) is 98.0 Å². The lowest BCUT2D eigenvalue weighted by Crippen LogP contribution is -2.09. The van der Waals surface area contributed by atoms with Crippen molar-refractivity contribution in [1.82, 2.24) is 9.97 Å². The van der Waals surface area contributed by atoms with Crippen LogP contribution in [0.5, 0.6) is 0 Å². The third-order valence-electron chi connectivity index (χ3n) is 3.77. The quantitative estimate of drug-likeness (QED) is 0.392. The zero-order chi connectivity index (χ0) is 19.8. The van der Waals surface area contributed by atoms with Crippen molar-refractivity contribution in [3.8, 4) is 0 Å². The van der Waals surface area contributed by atoms with Gasteiger partial charge in [0, 0.05) is 18.5 Å². The van der Waals surface area contributed by atoms with E-state index in [4.69, 9.17) is 5.73 Å². The summed E-state index contributed by atoms with van der Waals surface area (Å²) in [7, 11) is 0. The van der Waals surface area contributed by atoms with Crippen molar-refractivity contribution in [2.75, 3.05) is 11.1 Å². The van der Waals surface area contributed by atoms with E-state index in [1.165, 1.54) is 12.2 Å². The first-order valence-electron chi connectivity index (χ1n) is 8.55. The van der Waals surface area contributed by atoms with Gasteiger partial charge in [-0.15, -0.1) is 0 Å². The number of anilines is 2. The number of nitrogen functional groups attached to an aromatic ring is 1. The second-order valence-corrected chi connectivity index (χ2v) is 5.84. The number of nitrogens with zero attached hydrogens (tertiary/aromatic N) is 2. The molecule has 2 aromatic heterocycles. The number of ketones is 1. The Labute approximate surface area is 162 Å². The van der Waals surface area contributed by atoms with Crippen LogP contribution in [0.1, 0.15) is 21.7 Å². The van der Waals surface area contributed by atoms with Gasteiger partial charge in [0.25, 0.3) is 0 Å². The summed E-state index contributed by atoms with van der Waals surface area (Å²) in [6, 6.07) is 15.7. The molecule has 0 unspecified atom stereocenters. The van der Waals surface area contributed by atoms with Gasteiger partial charge in [0.2, 0.25) is 11.7 Å². The molecule has 0 spiro atoms. The molecule has 6 nitrogen and oxygen atoms in total. The largest absolute Gasteiger partial charge is 0.397 e. The summed E-state index contributed by atoms with van der Waals surface area (Å²) < 4.78 is 0. The van der Waals surface area contributed by atoms with E-state index in [1.54, 1.807) is 79.1 Å². The van der Waals surface area contributed by atoms with Gasteiger partial charge in [0.1, 0.15) is 5.69 Å². The lowest BCUT2D eigenvalue weighted by atomic mass is 10.1. The maximum absolute atomic E-state index is 12.1. The maximum atomic E-state index is 12.1. The monoisotopic (exact) mass is 370 g/mol. The van der Waals surface area contributed by atoms with E-state index in [0.29, 0.717) is 22.8 Å². The van der Waals surface area contributed by atoms with Crippen LogP contribution in [-0.2, 0) is 4.79 Å². The number of allylic oxidation sites excluding steroid dienone is 1. The Morgan fingerprint density at radius 1 is 0.893 bits per heavy atom. The Balaban J connectivity index is 1.65. The van der Waals surface area contributed by atoms with Crippen LogP contribution in [0.25, 0.3) is 12.2 Å². The van der Waals surface area contributed by atoms with Gasteiger partial charge < -0.3 is 11.1 Å². The molecular weight excluding hydrogens is 352 g/mol. The highest BCUT2D eigenvalue weighted by molar-refractivity contribution is 6.05. The number of carbonyl (C=O) groups is 2. The van der Waals surface area contributed by atoms with Gasteiger partial charge in [0.05, 0.1) is 17.1 Å². The third kappa shape index (κ3) is 5.22. The molecule has 0 bridgehead atoms. The molecule has 3 rings (SSSR count). The molecule has 1 amide bonds. The average Bonchev–Trinajstić information content (AvgIpc) is 2.73. The predicted octanol–water partition coefficient (Wildman–Crippen LogP) is 3.61. The Bertz CT molecular complexity index is 1040. The zero-order valence-electron chi connectivity index (χ0n) is 14.9. The van der Waals surface area contributed by atoms with Crippen LogP contribution in [0, 0.1) is 0 Å². The smallest absolute Gasteiger partial charge is 0.248 e. The van der Waals surface area contributed by atoms with Crippen molar-refractivity contribution in [1.29, 1.82) is 0 Å². The fourth-order valence-corrected chi connectivity index (χ4v) is 2.37. The van der Waals surface area contributed by atoms with E-state index in [2.05, 4.69) is 15.3 Å². The number of nitrogens with two attached hydrogens (primary N) is 1. The number of aromatic nitrogens is 2. The van der Waals surface area contributed by atoms with E-state index in [0.717, 1.165) is 5.56 Å². The minimum atomic E-state index is -0.314. The van der Waals surface area contributed by atoms with Crippen LogP contribution in [0.4, 0.5) is 11.4 Å². The number of hydrogen-bond acceptors (Lipinski definition) is 5. The fourth-order valence-electron chi connectivity index (χ4n) is 2.37. The molecule has 3 N–H and O–H groups in total. The van der Waals surface area contributed by atoms with Crippen LogP contribution < -0.4 is 11.1 Å². The van der Waals surface area contributed by atoms with E-state index < -0.39 is 0 Å². The lowest BCUT2D eigenvalue weighted by molar-refractivity contribution is -0.111. The lowest BCUT2D eigenvalue weighted by Gasteiger charge is -2.04.